The van der Waals surface area contributed by atoms with E-state index in [0.717, 1.165) is 0 Å². The minimum absolute atomic E-state index is 1.31. The van der Waals surface area contributed by atoms with Crippen molar-refractivity contribution in [3.63, 3.8) is 0 Å². The van der Waals surface area contributed by atoms with Gasteiger partial charge in [0.2, 0.25) is 0 Å². The van der Waals surface area contributed by atoms with Gasteiger partial charge in [-0.1, -0.05) is 0 Å². The Hall–Kier alpha value is 1.09. The Labute approximate surface area is 79.3 Å². The van der Waals surface area contributed by atoms with Crippen molar-refractivity contribution in [2.45, 2.75) is 53.3 Å². The number of hydrogen-bond acceptors (Lipinski definition) is 0. The molecule has 0 saturated carbocycles. The van der Waals surface area contributed by atoms with E-state index in [2.05, 4.69) is 18.8 Å². The van der Waals surface area contributed by atoms with Gasteiger partial charge in [0.25, 0.3) is 0 Å². The Morgan fingerprint density at radius 2 is 1.36 bits per heavy atom. The average Bonchev–Trinajstić information content (AvgIpc) is 1.97. The van der Waals surface area contributed by atoms with Gasteiger partial charge in [-0.05, 0) is 0 Å². The second-order valence-corrected chi connectivity index (χ2v) is 20.7. The topological polar surface area (TPSA) is 0 Å². The fourth-order valence-corrected chi connectivity index (χ4v) is 9.95. The Balaban J connectivity index is 3.43. The summed E-state index contributed by atoms with van der Waals surface area (Å²) in [6, 6.07) is 0. The average molecular weight is 283 g/mol. The van der Waals surface area contributed by atoms with Crippen LogP contribution >= 0.6 is 8.92 Å². The number of halogens is 1. The molecule has 0 aromatic heterocycles. The fourth-order valence-electron chi connectivity index (χ4n) is 1.22. The first-order chi connectivity index (χ1) is 5.12. The van der Waals surface area contributed by atoms with Gasteiger partial charge in [0.15, 0.2) is 0 Å². The molecule has 0 aromatic rings. The Bertz CT molecular complexity index is 81.6. The standard InChI is InChI=1S/2C4H9.CH3.ClH.Sn/c2*1-3-4-2;;;/h2*1,3-4H2,2H3;1H3;1H;/q;;;;+1/p-1. The Morgan fingerprint density at radius 3 is 1.64 bits per heavy atom. The van der Waals surface area contributed by atoms with Gasteiger partial charge >= 0.3 is 79.5 Å². The molecule has 0 radical (unpaired) electrons. The maximum atomic E-state index is 6.50. The van der Waals surface area contributed by atoms with E-state index in [1.165, 1.54) is 34.6 Å². The van der Waals surface area contributed by atoms with E-state index < -0.39 is 17.3 Å². The van der Waals surface area contributed by atoms with Crippen molar-refractivity contribution in [2.24, 2.45) is 0 Å². The van der Waals surface area contributed by atoms with Crippen LogP contribution in [0, 0.1) is 0 Å². The van der Waals surface area contributed by atoms with Crippen LogP contribution < -0.4 is 0 Å². The van der Waals surface area contributed by atoms with Gasteiger partial charge in [-0.2, -0.15) is 0 Å². The van der Waals surface area contributed by atoms with Gasteiger partial charge in [0.05, 0.1) is 0 Å². The van der Waals surface area contributed by atoms with E-state index in [-0.39, 0.29) is 0 Å². The van der Waals surface area contributed by atoms with Crippen LogP contribution in [-0.4, -0.2) is 17.3 Å². The van der Waals surface area contributed by atoms with E-state index in [1.54, 1.807) is 0 Å². The summed E-state index contributed by atoms with van der Waals surface area (Å²) in [6.45, 7) is 4.50. The van der Waals surface area contributed by atoms with Crippen molar-refractivity contribution in [1.29, 1.82) is 0 Å². The summed E-state index contributed by atoms with van der Waals surface area (Å²) in [4.78, 5) is 2.38. The summed E-state index contributed by atoms with van der Waals surface area (Å²) >= 11 is -1.96. The molecule has 0 aliphatic heterocycles. The summed E-state index contributed by atoms with van der Waals surface area (Å²) in [5, 5.41) is 0. The van der Waals surface area contributed by atoms with E-state index in [1.807, 2.05) is 0 Å². The van der Waals surface area contributed by atoms with Gasteiger partial charge in [-0.25, -0.2) is 0 Å². The molecule has 0 spiro atoms. The van der Waals surface area contributed by atoms with Crippen LogP contribution in [0.25, 0.3) is 0 Å². The van der Waals surface area contributed by atoms with E-state index in [0.29, 0.717) is 0 Å². The zero-order valence-corrected chi connectivity index (χ0v) is 11.7. The van der Waals surface area contributed by atoms with Crippen molar-refractivity contribution in [3.8, 4) is 0 Å². The first-order valence-corrected chi connectivity index (χ1v) is 15.3. The van der Waals surface area contributed by atoms with Crippen molar-refractivity contribution in [3.05, 3.63) is 0 Å². The third-order valence-electron chi connectivity index (χ3n) is 2.10. The molecule has 0 heterocycles. The van der Waals surface area contributed by atoms with Crippen LogP contribution in [0.15, 0.2) is 0 Å². The number of rotatable bonds is 6. The van der Waals surface area contributed by atoms with Crippen LogP contribution in [0.3, 0.4) is 0 Å². The van der Waals surface area contributed by atoms with E-state index in [4.69, 9.17) is 8.92 Å². The maximum absolute atomic E-state index is 6.50. The molecule has 0 unspecified atom stereocenters. The summed E-state index contributed by atoms with van der Waals surface area (Å²) in [5.41, 5.74) is 0. The third-order valence-corrected chi connectivity index (χ3v) is 12.6. The minimum atomic E-state index is -1.96. The number of unbranched alkanes of at least 4 members (excludes halogenated alkanes) is 2. The molecule has 0 aliphatic carbocycles. The van der Waals surface area contributed by atoms with Crippen LogP contribution in [-0.2, 0) is 0 Å². The molecular formula is C9H21ClSn. The van der Waals surface area contributed by atoms with Crippen LogP contribution in [0.2, 0.25) is 13.8 Å². The Kier molecular flexibility index (Phi) is 7.24. The second-order valence-electron chi connectivity index (χ2n) is 3.62. The SMILES string of the molecule is CCC[CH2][Sn]([CH3])([Cl])[CH2]CCC. The predicted octanol–water partition coefficient (Wildman–Crippen LogP) is 4.40. The molecular weight excluding hydrogens is 262 g/mol. The first kappa shape index (κ1) is 12.1. The second kappa shape index (κ2) is 6.59. The molecule has 0 fully saturated rings. The molecule has 0 amide bonds. The van der Waals surface area contributed by atoms with Gasteiger partial charge in [0.1, 0.15) is 0 Å². The monoisotopic (exact) mass is 284 g/mol. The van der Waals surface area contributed by atoms with Crippen molar-refractivity contribution in [2.75, 3.05) is 0 Å². The number of hydrogen-bond donors (Lipinski definition) is 0. The predicted molar refractivity (Wildman–Crippen MR) is 56.9 cm³/mol. The van der Waals surface area contributed by atoms with Crippen molar-refractivity contribution >= 4 is 26.2 Å². The molecule has 0 aliphatic rings. The molecule has 0 rings (SSSR count). The zero-order chi connectivity index (χ0) is 8.74. The van der Waals surface area contributed by atoms with Gasteiger partial charge in [-0.15, -0.1) is 0 Å². The van der Waals surface area contributed by atoms with Gasteiger partial charge in [-0.3, -0.25) is 0 Å². The zero-order valence-electron chi connectivity index (χ0n) is 8.12. The summed E-state index contributed by atoms with van der Waals surface area (Å²) < 4.78 is 2.76. The van der Waals surface area contributed by atoms with Crippen LogP contribution in [0.4, 0.5) is 0 Å². The van der Waals surface area contributed by atoms with E-state index >= 15 is 0 Å². The quantitative estimate of drug-likeness (QED) is 0.634. The third kappa shape index (κ3) is 7.45. The summed E-state index contributed by atoms with van der Waals surface area (Å²) in [7, 11) is 6.50. The normalized spacial score (nSPS) is 12.0. The fraction of sp³-hybridized carbons (Fsp3) is 1.00. The molecule has 68 valence electrons. The molecule has 0 N–H and O–H groups in total. The molecule has 0 aromatic carbocycles. The van der Waals surface area contributed by atoms with Crippen LogP contribution in [0.1, 0.15) is 39.5 Å². The van der Waals surface area contributed by atoms with Crippen molar-refractivity contribution < 1.29 is 0 Å². The molecule has 0 bridgehead atoms. The molecule has 0 atom stereocenters. The Morgan fingerprint density at radius 1 is 1.00 bits per heavy atom. The molecule has 0 saturated heterocycles. The first-order valence-electron chi connectivity index (χ1n) is 4.81. The summed E-state index contributed by atoms with van der Waals surface area (Å²) in [6.07, 6.45) is 5.34. The molecule has 2 heteroatoms. The van der Waals surface area contributed by atoms with Crippen molar-refractivity contribution in [1.82, 2.24) is 0 Å². The van der Waals surface area contributed by atoms with Gasteiger partial charge in [0, 0.05) is 0 Å². The molecule has 11 heavy (non-hydrogen) atoms. The van der Waals surface area contributed by atoms with Crippen LogP contribution in [0.5, 0.6) is 0 Å². The molecule has 0 nitrogen and oxygen atoms in total. The van der Waals surface area contributed by atoms with E-state index in [9.17, 15) is 0 Å². The van der Waals surface area contributed by atoms with Gasteiger partial charge < -0.3 is 0 Å². The summed E-state index contributed by atoms with van der Waals surface area (Å²) in [5.74, 6) is 0.